The van der Waals surface area contributed by atoms with Gasteiger partial charge < -0.3 is 25.0 Å². The van der Waals surface area contributed by atoms with E-state index >= 15 is 0 Å². The number of hydrogen-bond acceptors (Lipinski definition) is 7. The molecule has 0 aliphatic heterocycles. The second-order valence-corrected chi connectivity index (χ2v) is 4.44. The van der Waals surface area contributed by atoms with Gasteiger partial charge in [0.05, 0.1) is 0 Å². The minimum absolute atomic E-state index is 0.0973. The number of ether oxygens (including phenoxy) is 2. The zero-order chi connectivity index (χ0) is 15.8. The van der Waals surface area contributed by atoms with Crippen molar-refractivity contribution in [3.8, 4) is 5.75 Å². The Morgan fingerprint density at radius 3 is 2.77 bits per heavy atom. The van der Waals surface area contributed by atoms with E-state index in [1.54, 1.807) is 31.2 Å². The standard InChI is InChI=1S/C14H18N4O4/c1-10-16-14(22-18-10)9-20-8-13(19)17-11-2-4-12(5-3-11)21-7-6-15/h2-5H,6-9,15H2,1H3,(H,17,19). The first-order chi connectivity index (χ1) is 10.7. The number of nitrogens with zero attached hydrogens (tertiary/aromatic N) is 2. The summed E-state index contributed by atoms with van der Waals surface area (Å²) in [5.74, 6) is 1.30. The second-order valence-electron chi connectivity index (χ2n) is 4.44. The molecule has 0 saturated carbocycles. The summed E-state index contributed by atoms with van der Waals surface area (Å²) in [6.07, 6.45) is 0. The van der Waals surface area contributed by atoms with Crippen molar-refractivity contribution in [2.75, 3.05) is 25.1 Å². The highest BCUT2D eigenvalue weighted by Crippen LogP contribution is 2.15. The van der Waals surface area contributed by atoms with Crippen molar-refractivity contribution >= 4 is 11.6 Å². The SMILES string of the molecule is Cc1noc(COCC(=O)Nc2ccc(OCCN)cc2)n1. The molecule has 0 spiro atoms. The monoisotopic (exact) mass is 306 g/mol. The number of nitrogens with two attached hydrogens (primary N) is 1. The molecule has 0 bridgehead atoms. The Labute approximate surface area is 127 Å². The van der Waals surface area contributed by atoms with Gasteiger partial charge in [0, 0.05) is 12.2 Å². The summed E-state index contributed by atoms with van der Waals surface area (Å²) in [5.41, 5.74) is 6.01. The third-order valence-electron chi connectivity index (χ3n) is 2.55. The van der Waals surface area contributed by atoms with Gasteiger partial charge in [0.25, 0.3) is 5.89 Å². The average molecular weight is 306 g/mol. The Kier molecular flexibility index (Phi) is 5.87. The highest BCUT2D eigenvalue weighted by atomic mass is 16.5. The fourth-order valence-electron chi connectivity index (χ4n) is 1.64. The molecule has 2 rings (SSSR count). The van der Waals surface area contributed by atoms with Gasteiger partial charge in [-0.05, 0) is 31.2 Å². The number of benzene rings is 1. The van der Waals surface area contributed by atoms with Crippen LogP contribution in [0.25, 0.3) is 0 Å². The lowest BCUT2D eigenvalue weighted by molar-refractivity contribution is -0.121. The molecular weight excluding hydrogens is 288 g/mol. The van der Waals surface area contributed by atoms with Crippen molar-refractivity contribution in [3.63, 3.8) is 0 Å². The van der Waals surface area contributed by atoms with E-state index in [0.29, 0.717) is 36.3 Å². The van der Waals surface area contributed by atoms with Crippen LogP contribution in [0.15, 0.2) is 28.8 Å². The number of carbonyl (C=O) groups excluding carboxylic acids is 1. The van der Waals surface area contributed by atoms with Gasteiger partial charge >= 0.3 is 0 Å². The molecule has 3 N–H and O–H groups in total. The third kappa shape index (κ3) is 5.15. The van der Waals surface area contributed by atoms with Gasteiger partial charge in [-0.3, -0.25) is 4.79 Å². The van der Waals surface area contributed by atoms with Crippen LogP contribution < -0.4 is 15.8 Å². The van der Waals surface area contributed by atoms with Crippen molar-refractivity contribution in [1.29, 1.82) is 0 Å². The highest BCUT2D eigenvalue weighted by molar-refractivity contribution is 5.91. The molecule has 0 radical (unpaired) electrons. The molecule has 8 heteroatoms. The zero-order valence-corrected chi connectivity index (χ0v) is 12.2. The van der Waals surface area contributed by atoms with E-state index in [1.807, 2.05) is 0 Å². The molecule has 0 atom stereocenters. The minimum atomic E-state index is -0.271. The lowest BCUT2D eigenvalue weighted by Crippen LogP contribution is -2.18. The maximum absolute atomic E-state index is 11.7. The number of amides is 1. The molecule has 118 valence electrons. The maximum Gasteiger partial charge on any atom is 0.252 e. The van der Waals surface area contributed by atoms with Crippen molar-refractivity contribution < 1.29 is 18.8 Å². The van der Waals surface area contributed by atoms with Crippen molar-refractivity contribution in [3.05, 3.63) is 36.0 Å². The Morgan fingerprint density at radius 2 is 2.14 bits per heavy atom. The van der Waals surface area contributed by atoms with Crippen molar-refractivity contribution in [2.24, 2.45) is 5.73 Å². The van der Waals surface area contributed by atoms with E-state index in [2.05, 4.69) is 15.5 Å². The summed E-state index contributed by atoms with van der Waals surface area (Å²) in [7, 11) is 0. The molecule has 8 nitrogen and oxygen atoms in total. The summed E-state index contributed by atoms with van der Waals surface area (Å²) < 4.78 is 15.4. The number of carbonyl (C=O) groups is 1. The number of hydrogen-bond donors (Lipinski definition) is 2. The molecule has 1 aromatic carbocycles. The number of anilines is 1. The molecule has 22 heavy (non-hydrogen) atoms. The number of aryl methyl sites for hydroxylation is 1. The van der Waals surface area contributed by atoms with Gasteiger partial charge in [0.1, 0.15) is 25.6 Å². The fraction of sp³-hybridized carbons (Fsp3) is 0.357. The number of aromatic nitrogens is 2. The molecule has 1 heterocycles. The van der Waals surface area contributed by atoms with Crippen LogP contribution in [-0.4, -0.2) is 35.8 Å². The molecular formula is C14H18N4O4. The van der Waals surface area contributed by atoms with E-state index in [9.17, 15) is 4.79 Å². The van der Waals surface area contributed by atoms with Gasteiger partial charge in [0.15, 0.2) is 5.82 Å². The fourth-order valence-corrected chi connectivity index (χ4v) is 1.64. The Bertz CT molecular complexity index is 597. The van der Waals surface area contributed by atoms with E-state index in [1.165, 1.54) is 0 Å². The smallest absolute Gasteiger partial charge is 0.252 e. The first kappa shape index (κ1) is 15.9. The van der Waals surface area contributed by atoms with Gasteiger partial charge in [-0.2, -0.15) is 4.98 Å². The normalized spacial score (nSPS) is 10.5. The largest absolute Gasteiger partial charge is 0.492 e. The predicted molar refractivity (Wildman–Crippen MR) is 78.3 cm³/mol. The van der Waals surface area contributed by atoms with Crippen LogP contribution in [0.5, 0.6) is 5.75 Å². The van der Waals surface area contributed by atoms with Gasteiger partial charge in [0.2, 0.25) is 5.91 Å². The minimum Gasteiger partial charge on any atom is -0.492 e. The Balaban J connectivity index is 1.72. The lowest BCUT2D eigenvalue weighted by atomic mass is 10.3. The first-order valence-electron chi connectivity index (χ1n) is 6.77. The summed E-state index contributed by atoms with van der Waals surface area (Å²) in [6, 6.07) is 7.00. The summed E-state index contributed by atoms with van der Waals surface area (Å²) in [6.45, 7) is 2.61. The van der Waals surface area contributed by atoms with Crippen LogP contribution in [-0.2, 0) is 16.1 Å². The zero-order valence-electron chi connectivity index (χ0n) is 12.2. The second kappa shape index (κ2) is 8.11. The predicted octanol–water partition coefficient (Wildman–Crippen LogP) is 0.871. The van der Waals surface area contributed by atoms with Crippen molar-refractivity contribution in [1.82, 2.24) is 10.1 Å². The molecule has 0 unspecified atom stereocenters. The molecule has 0 aliphatic carbocycles. The molecule has 0 aliphatic rings. The highest BCUT2D eigenvalue weighted by Gasteiger charge is 2.06. The molecule has 0 saturated heterocycles. The number of rotatable bonds is 8. The van der Waals surface area contributed by atoms with Crippen LogP contribution in [0.4, 0.5) is 5.69 Å². The average Bonchev–Trinajstić information content (AvgIpc) is 2.92. The Morgan fingerprint density at radius 1 is 1.36 bits per heavy atom. The molecule has 1 aromatic heterocycles. The van der Waals surface area contributed by atoms with Crippen LogP contribution >= 0.6 is 0 Å². The lowest BCUT2D eigenvalue weighted by Gasteiger charge is -2.07. The summed E-state index contributed by atoms with van der Waals surface area (Å²) >= 11 is 0. The topological polar surface area (TPSA) is 112 Å². The van der Waals surface area contributed by atoms with E-state index in [0.717, 1.165) is 0 Å². The van der Waals surface area contributed by atoms with Gasteiger partial charge in [-0.1, -0.05) is 5.16 Å². The first-order valence-corrected chi connectivity index (χ1v) is 6.77. The molecule has 2 aromatic rings. The van der Waals surface area contributed by atoms with E-state index in [-0.39, 0.29) is 19.1 Å². The van der Waals surface area contributed by atoms with E-state index < -0.39 is 0 Å². The summed E-state index contributed by atoms with van der Waals surface area (Å²) in [4.78, 5) is 15.7. The van der Waals surface area contributed by atoms with Crippen LogP contribution in [0.1, 0.15) is 11.7 Å². The molecule has 0 fully saturated rings. The van der Waals surface area contributed by atoms with Crippen LogP contribution in [0, 0.1) is 6.92 Å². The number of nitrogens with one attached hydrogen (secondary N) is 1. The maximum atomic E-state index is 11.7. The van der Waals surface area contributed by atoms with Gasteiger partial charge in [-0.25, -0.2) is 0 Å². The van der Waals surface area contributed by atoms with Crippen molar-refractivity contribution in [2.45, 2.75) is 13.5 Å². The molecule has 1 amide bonds. The van der Waals surface area contributed by atoms with Crippen LogP contribution in [0.2, 0.25) is 0 Å². The Hall–Kier alpha value is -2.45. The quantitative estimate of drug-likeness (QED) is 0.744. The van der Waals surface area contributed by atoms with Gasteiger partial charge in [-0.15, -0.1) is 0 Å². The third-order valence-corrected chi connectivity index (χ3v) is 2.55. The van der Waals surface area contributed by atoms with Crippen LogP contribution in [0.3, 0.4) is 0 Å². The summed E-state index contributed by atoms with van der Waals surface area (Å²) in [5, 5.41) is 6.33. The van der Waals surface area contributed by atoms with E-state index in [4.69, 9.17) is 19.7 Å².